The Balaban J connectivity index is 2.91. The predicted octanol–water partition coefficient (Wildman–Crippen LogP) is 2.55. The van der Waals surface area contributed by atoms with E-state index in [1.807, 2.05) is 24.3 Å². The number of benzene rings is 1. The predicted molar refractivity (Wildman–Crippen MR) is 56.1 cm³/mol. The van der Waals surface area contributed by atoms with Gasteiger partial charge < -0.3 is 5.11 Å². The molecule has 0 bridgehead atoms. The van der Waals surface area contributed by atoms with Crippen LogP contribution in [0.5, 0.6) is 5.75 Å². The zero-order valence-corrected chi connectivity index (χ0v) is 8.32. The highest BCUT2D eigenvalue weighted by Crippen LogP contribution is 2.27. The van der Waals surface area contributed by atoms with Crippen molar-refractivity contribution in [3.8, 4) is 5.75 Å². The molecule has 0 spiro atoms. The van der Waals surface area contributed by atoms with E-state index in [9.17, 15) is 5.11 Å². The maximum atomic E-state index is 9.59. The van der Waals surface area contributed by atoms with Crippen LogP contribution in [0.1, 0.15) is 0 Å². The molecule has 2 rings (SSSR count). The Morgan fingerprint density at radius 3 is 2.92 bits per heavy atom. The Kier molecular flexibility index (Phi) is 1.88. The van der Waals surface area contributed by atoms with Gasteiger partial charge in [-0.1, -0.05) is 12.1 Å². The van der Waals surface area contributed by atoms with Crippen molar-refractivity contribution in [2.45, 2.75) is 0 Å². The average Bonchev–Trinajstić information content (AvgIpc) is 2.12. The molecule has 0 amide bonds. The van der Waals surface area contributed by atoms with Crippen LogP contribution in [-0.4, -0.2) is 10.1 Å². The molecule has 0 aliphatic rings. The van der Waals surface area contributed by atoms with E-state index < -0.39 is 0 Å². The third-order valence-electron chi connectivity index (χ3n) is 1.70. The number of pyridine rings is 1. The van der Waals surface area contributed by atoms with Crippen LogP contribution in [0.15, 0.2) is 30.5 Å². The van der Waals surface area contributed by atoms with Crippen LogP contribution >= 0.6 is 22.6 Å². The summed E-state index contributed by atoms with van der Waals surface area (Å²) in [6.45, 7) is 0. The van der Waals surface area contributed by atoms with E-state index >= 15 is 0 Å². The summed E-state index contributed by atoms with van der Waals surface area (Å²) in [5.41, 5.74) is 0.671. The van der Waals surface area contributed by atoms with E-state index in [-0.39, 0.29) is 5.75 Å². The smallest absolute Gasteiger partial charge is 0.155 e. The van der Waals surface area contributed by atoms with E-state index in [0.29, 0.717) is 5.52 Å². The first kappa shape index (κ1) is 7.79. The maximum Gasteiger partial charge on any atom is 0.155 e. The Hall–Kier alpha value is -0.840. The fraction of sp³-hybridized carbons (Fsp3) is 0. The number of aromatic hydroxyl groups is 1. The number of halogens is 1. The lowest BCUT2D eigenvalue weighted by Gasteiger charge is -2.00. The summed E-state index contributed by atoms with van der Waals surface area (Å²) in [5, 5.41) is 10.6. The van der Waals surface area contributed by atoms with Gasteiger partial charge in [-0.3, -0.25) is 4.98 Å². The van der Waals surface area contributed by atoms with E-state index in [2.05, 4.69) is 27.6 Å². The Bertz CT molecular complexity index is 428. The van der Waals surface area contributed by atoms with Crippen molar-refractivity contribution in [2.24, 2.45) is 0 Å². The minimum atomic E-state index is 0.272. The number of phenolic OH excluding ortho intramolecular Hbond substituents is 1. The van der Waals surface area contributed by atoms with Crippen LogP contribution in [0, 0.1) is 3.57 Å². The van der Waals surface area contributed by atoms with Crippen LogP contribution in [0.3, 0.4) is 0 Å². The Labute approximate surface area is 83.4 Å². The summed E-state index contributed by atoms with van der Waals surface area (Å²) in [6.07, 6.45) is 1.68. The normalized spacial score (nSPS) is 10.4. The minimum absolute atomic E-state index is 0.272. The molecule has 0 radical (unpaired) electrons. The largest absolute Gasteiger partial charge is 0.505 e. The third kappa shape index (κ3) is 1.14. The van der Waals surface area contributed by atoms with Gasteiger partial charge in [0.1, 0.15) is 5.52 Å². The molecule has 1 aromatic heterocycles. The zero-order valence-electron chi connectivity index (χ0n) is 6.16. The third-order valence-corrected chi connectivity index (χ3v) is 2.57. The second-order valence-corrected chi connectivity index (χ2v) is 3.63. The summed E-state index contributed by atoms with van der Waals surface area (Å²) < 4.78 is 0.832. The van der Waals surface area contributed by atoms with Gasteiger partial charge in [-0.2, -0.15) is 0 Å². The highest BCUT2D eigenvalue weighted by Gasteiger charge is 2.02. The van der Waals surface area contributed by atoms with Crippen molar-refractivity contribution in [3.63, 3.8) is 0 Å². The first-order valence-corrected chi connectivity index (χ1v) is 4.59. The Morgan fingerprint density at radius 1 is 1.25 bits per heavy atom. The lowest BCUT2D eigenvalue weighted by molar-refractivity contribution is 0.476. The highest BCUT2D eigenvalue weighted by molar-refractivity contribution is 14.1. The fourth-order valence-corrected chi connectivity index (χ4v) is 1.54. The Morgan fingerprint density at radius 2 is 2.08 bits per heavy atom. The molecule has 0 aliphatic heterocycles. The second-order valence-electron chi connectivity index (χ2n) is 2.47. The molecule has 1 heterocycles. The van der Waals surface area contributed by atoms with Crippen LogP contribution in [0.2, 0.25) is 0 Å². The molecule has 0 atom stereocenters. The fourth-order valence-electron chi connectivity index (χ4n) is 1.11. The number of hydrogen-bond acceptors (Lipinski definition) is 2. The SMILES string of the molecule is Oc1c(I)ccc2cccnc12. The van der Waals surface area contributed by atoms with Gasteiger partial charge in [0.05, 0.1) is 3.57 Å². The maximum absolute atomic E-state index is 9.59. The average molecular weight is 271 g/mol. The van der Waals surface area contributed by atoms with Crippen LogP contribution < -0.4 is 0 Å². The summed E-state index contributed by atoms with van der Waals surface area (Å²) in [6, 6.07) is 7.61. The molecule has 0 aliphatic carbocycles. The van der Waals surface area contributed by atoms with Gasteiger partial charge in [-0.15, -0.1) is 0 Å². The van der Waals surface area contributed by atoms with Crippen molar-refractivity contribution in [2.75, 3.05) is 0 Å². The lowest BCUT2D eigenvalue weighted by Crippen LogP contribution is -1.80. The van der Waals surface area contributed by atoms with Gasteiger partial charge in [-0.25, -0.2) is 0 Å². The van der Waals surface area contributed by atoms with Crippen molar-refractivity contribution < 1.29 is 5.11 Å². The summed E-state index contributed by atoms with van der Waals surface area (Å²) in [5.74, 6) is 0.272. The summed E-state index contributed by atoms with van der Waals surface area (Å²) >= 11 is 2.08. The zero-order chi connectivity index (χ0) is 8.55. The van der Waals surface area contributed by atoms with Crippen LogP contribution in [0.4, 0.5) is 0 Å². The van der Waals surface area contributed by atoms with Gasteiger partial charge in [-0.05, 0) is 34.7 Å². The van der Waals surface area contributed by atoms with Crippen molar-refractivity contribution in [1.29, 1.82) is 0 Å². The molecule has 1 aromatic carbocycles. The molecule has 1 N–H and O–H groups in total. The first-order chi connectivity index (χ1) is 5.79. The molecule has 2 aromatic rings. The van der Waals surface area contributed by atoms with E-state index in [1.165, 1.54) is 0 Å². The van der Waals surface area contributed by atoms with Gasteiger partial charge >= 0.3 is 0 Å². The molecule has 0 saturated heterocycles. The highest BCUT2D eigenvalue weighted by atomic mass is 127. The second kappa shape index (κ2) is 2.90. The van der Waals surface area contributed by atoms with Crippen LogP contribution in [-0.2, 0) is 0 Å². The number of aromatic nitrogens is 1. The number of fused-ring (bicyclic) bond motifs is 1. The molecule has 0 unspecified atom stereocenters. The number of rotatable bonds is 0. The minimum Gasteiger partial charge on any atom is -0.505 e. The van der Waals surface area contributed by atoms with Crippen LogP contribution in [0.25, 0.3) is 10.9 Å². The topological polar surface area (TPSA) is 33.1 Å². The van der Waals surface area contributed by atoms with E-state index in [0.717, 1.165) is 8.96 Å². The molecule has 0 fully saturated rings. The van der Waals surface area contributed by atoms with Crippen molar-refractivity contribution in [3.05, 3.63) is 34.0 Å². The van der Waals surface area contributed by atoms with E-state index in [4.69, 9.17) is 0 Å². The van der Waals surface area contributed by atoms with Crippen molar-refractivity contribution >= 4 is 33.5 Å². The van der Waals surface area contributed by atoms with Gasteiger partial charge in [0.25, 0.3) is 0 Å². The first-order valence-electron chi connectivity index (χ1n) is 3.51. The summed E-state index contributed by atoms with van der Waals surface area (Å²) in [4.78, 5) is 4.09. The molecular formula is C9H6INO. The molecule has 3 heteroatoms. The summed E-state index contributed by atoms with van der Waals surface area (Å²) in [7, 11) is 0. The molecular weight excluding hydrogens is 265 g/mol. The van der Waals surface area contributed by atoms with Gasteiger partial charge in [0.15, 0.2) is 5.75 Å². The number of nitrogens with zero attached hydrogens (tertiary/aromatic N) is 1. The quantitative estimate of drug-likeness (QED) is 0.747. The molecule has 60 valence electrons. The molecule has 2 nitrogen and oxygen atoms in total. The number of phenols is 1. The standard InChI is InChI=1S/C9H6INO/c10-7-4-3-6-2-1-5-11-8(6)9(7)12/h1-5,12H. The number of hydrogen-bond donors (Lipinski definition) is 1. The van der Waals surface area contributed by atoms with E-state index in [1.54, 1.807) is 6.20 Å². The molecule has 12 heavy (non-hydrogen) atoms. The van der Waals surface area contributed by atoms with Crippen molar-refractivity contribution in [1.82, 2.24) is 4.98 Å². The van der Waals surface area contributed by atoms with Gasteiger partial charge in [0.2, 0.25) is 0 Å². The van der Waals surface area contributed by atoms with Gasteiger partial charge in [0, 0.05) is 11.6 Å². The lowest BCUT2D eigenvalue weighted by atomic mass is 10.2. The molecule has 0 saturated carbocycles. The monoisotopic (exact) mass is 271 g/mol.